The Bertz CT molecular complexity index is 414. The minimum atomic E-state index is -0.131. The van der Waals surface area contributed by atoms with Crippen molar-refractivity contribution in [3.8, 4) is 0 Å². The molecule has 0 saturated heterocycles. The Labute approximate surface area is 114 Å². The van der Waals surface area contributed by atoms with Gasteiger partial charge in [0, 0.05) is 12.6 Å². The van der Waals surface area contributed by atoms with Crippen molar-refractivity contribution in [2.24, 2.45) is 5.92 Å². The molecule has 1 fully saturated rings. The molecule has 104 valence electrons. The molecule has 5 nitrogen and oxygen atoms in total. The number of anilines is 1. The minimum Gasteiger partial charge on any atom is -0.369 e. The molecule has 1 aromatic rings. The zero-order valence-electron chi connectivity index (χ0n) is 11.6. The Morgan fingerprint density at radius 2 is 2.21 bits per heavy atom. The molecule has 0 aromatic carbocycles. The molecule has 1 atom stereocenters. The number of aromatic nitrogens is 2. The second-order valence-electron chi connectivity index (χ2n) is 5.18. The van der Waals surface area contributed by atoms with Crippen molar-refractivity contribution in [3.63, 3.8) is 0 Å². The molecule has 1 amide bonds. The van der Waals surface area contributed by atoms with E-state index in [1.54, 1.807) is 12.1 Å². The van der Waals surface area contributed by atoms with Gasteiger partial charge in [-0.1, -0.05) is 13.3 Å². The lowest BCUT2D eigenvalue weighted by molar-refractivity contribution is 0.0903. The highest BCUT2D eigenvalue weighted by molar-refractivity contribution is 5.92. The summed E-state index contributed by atoms with van der Waals surface area (Å²) in [5.41, 5.74) is 0.383. The highest BCUT2D eigenvalue weighted by Gasteiger charge is 2.25. The van der Waals surface area contributed by atoms with E-state index in [4.69, 9.17) is 0 Å². The molecule has 2 rings (SSSR count). The fourth-order valence-corrected chi connectivity index (χ4v) is 2.14. The summed E-state index contributed by atoms with van der Waals surface area (Å²) in [5.74, 6) is 1.21. The maximum absolute atomic E-state index is 12.0. The fraction of sp³-hybridized carbons (Fsp3) is 0.643. The molecular weight excluding hydrogens is 240 g/mol. The van der Waals surface area contributed by atoms with Gasteiger partial charge in [0.05, 0.1) is 0 Å². The summed E-state index contributed by atoms with van der Waals surface area (Å²) in [6.45, 7) is 5.01. The van der Waals surface area contributed by atoms with Gasteiger partial charge < -0.3 is 10.6 Å². The molecule has 2 N–H and O–H groups in total. The molecule has 1 aliphatic rings. The molecule has 0 radical (unpaired) electrons. The van der Waals surface area contributed by atoms with E-state index >= 15 is 0 Å². The second-order valence-corrected chi connectivity index (χ2v) is 5.18. The topological polar surface area (TPSA) is 66.9 Å². The Morgan fingerprint density at radius 1 is 1.42 bits per heavy atom. The van der Waals surface area contributed by atoms with Crippen molar-refractivity contribution >= 4 is 11.7 Å². The first-order chi connectivity index (χ1) is 9.20. The molecule has 0 aliphatic heterocycles. The lowest BCUT2D eigenvalue weighted by Gasteiger charge is -2.31. The van der Waals surface area contributed by atoms with Crippen LogP contribution in [0.2, 0.25) is 0 Å². The largest absolute Gasteiger partial charge is 0.369 e. The molecule has 1 saturated carbocycles. The molecule has 1 heterocycles. The van der Waals surface area contributed by atoms with E-state index in [-0.39, 0.29) is 11.9 Å². The van der Waals surface area contributed by atoms with Crippen LogP contribution in [0, 0.1) is 5.92 Å². The number of nitrogens with zero attached hydrogens (tertiary/aromatic N) is 2. The quantitative estimate of drug-likeness (QED) is 0.825. The summed E-state index contributed by atoms with van der Waals surface area (Å²) in [5, 5.41) is 14.1. The zero-order chi connectivity index (χ0) is 13.7. The van der Waals surface area contributed by atoms with Crippen molar-refractivity contribution in [2.75, 3.05) is 11.9 Å². The molecule has 5 heteroatoms. The monoisotopic (exact) mass is 262 g/mol. The number of hydrogen-bond acceptors (Lipinski definition) is 4. The number of hydrogen-bond donors (Lipinski definition) is 2. The van der Waals surface area contributed by atoms with Crippen LogP contribution in [0.5, 0.6) is 0 Å². The van der Waals surface area contributed by atoms with Gasteiger partial charge in [0.15, 0.2) is 5.69 Å². The van der Waals surface area contributed by atoms with Crippen molar-refractivity contribution in [3.05, 3.63) is 17.8 Å². The Morgan fingerprint density at radius 3 is 2.74 bits per heavy atom. The molecule has 0 bridgehead atoms. The summed E-state index contributed by atoms with van der Waals surface area (Å²) in [6.07, 6.45) is 4.74. The average Bonchev–Trinajstić information content (AvgIpc) is 2.34. The summed E-state index contributed by atoms with van der Waals surface area (Å²) < 4.78 is 0. The van der Waals surface area contributed by atoms with Gasteiger partial charge in [0.1, 0.15) is 5.82 Å². The first-order valence-electron chi connectivity index (χ1n) is 7.09. The lowest BCUT2D eigenvalue weighted by Crippen LogP contribution is -2.41. The van der Waals surface area contributed by atoms with Gasteiger partial charge in [-0.2, -0.15) is 0 Å². The lowest BCUT2D eigenvalue weighted by atomic mass is 9.80. The standard InChI is InChI=1S/C14H22N4O/c1-3-9-15-13-8-7-12(17-18-13)14(19)16-10(2)11-5-4-6-11/h7-8,10-11H,3-6,9H2,1-2H3,(H,15,18)(H,16,19). The maximum atomic E-state index is 12.0. The van der Waals surface area contributed by atoms with E-state index in [1.807, 2.05) is 0 Å². The van der Waals surface area contributed by atoms with E-state index in [0.717, 1.165) is 13.0 Å². The third-order valence-corrected chi connectivity index (χ3v) is 3.67. The van der Waals surface area contributed by atoms with Crippen LogP contribution in [-0.2, 0) is 0 Å². The van der Waals surface area contributed by atoms with Crippen LogP contribution in [0.15, 0.2) is 12.1 Å². The normalized spacial score (nSPS) is 16.5. The molecule has 19 heavy (non-hydrogen) atoms. The first kappa shape index (κ1) is 13.8. The number of carbonyl (C=O) groups is 1. The van der Waals surface area contributed by atoms with Gasteiger partial charge in [0.2, 0.25) is 0 Å². The molecule has 0 spiro atoms. The van der Waals surface area contributed by atoms with Crippen molar-refractivity contribution in [1.29, 1.82) is 0 Å². The number of amides is 1. The van der Waals surface area contributed by atoms with Gasteiger partial charge in [-0.25, -0.2) is 0 Å². The third-order valence-electron chi connectivity index (χ3n) is 3.67. The Kier molecular flexibility index (Phi) is 4.71. The minimum absolute atomic E-state index is 0.131. The van der Waals surface area contributed by atoms with Crippen LogP contribution in [0.3, 0.4) is 0 Å². The van der Waals surface area contributed by atoms with Crippen LogP contribution in [-0.4, -0.2) is 28.7 Å². The highest BCUT2D eigenvalue weighted by Crippen LogP contribution is 2.29. The van der Waals surface area contributed by atoms with Gasteiger partial charge in [0.25, 0.3) is 5.91 Å². The predicted octanol–water partition coefficient (Wildman–Crippen LogP) is 2.22. The van der Waals surface area contributed by atoms with Crippen molar-refractivity contribution in [1.82, 2.24) is 15.5 Å². The summed E-state index contributed by atoms with van der Waals surface area (Å²) in [4.78, 5) is 12.0. The highest BCUT2D eigenvalue weighted by atomic mass is 16.2. The Hall–Kier alpha value is -1.65. The van der Waals surface area contributed by atoms with E-state index in [2.05, 4.69) is 34.7 Å². The number of rotatable bonds is 6. The van der Waals surface area contributed by atoms with Gasteiger partial charge in [-0.15, -0.1) is 10.2 Å². The number of nitrogens with one attached hydrogen (secondary N) is 2. The van der Waals surface area contributed by atoms with Crippen molar-refractivity contribution < 1.29 is 4.79 Å². The second kappa shape index (κ2) is 6.50. The van der Waals surface area contributed by atoms with Crippen LogP contribution < -0.4 is 10.6 Å². The van der Waals surface area contributed by atoms with E-state index in [9.17, 15) is 4.79 Å². The predicted molar refractivity (Wildman–Crippen MR) is 75.1 cm³/mol. The van der Waals surface area contributed by atoms with Gasteiger partial charge in [-0.05, 0) is 44.2 Å². The first-order valence-corrected chi connectivity index (χ1v) is 7.09. The molecule has 1 unspecified atom stereocenters. The maximum Gasteiger partial charge on any atom is 0.272 e. The van der Waals surface area contributed by atoms with Crippen LogP contribution in [0.4, 0.5) is 5.82 Å². The van der Waals surface area contributed by atoms with Crippen LogP contribution >= 0.6 is 0 Å². The molecular formula is C14H22N4O. The summed E-state index contributed by atoms with van der Waals surface area (Å²) in [6, 6.07) is 3.74. The Balaban J connectivity index is 1.87. The summed E-state index contributed by atoms with van der Waals surface area (Å²) in [7, 11) is 0. The zero-order valence-corrected chi connectivity index (χ0v) is 11.6. The smallest absolute Gasteiger partial charge is 0.272 e. The average molecular weight is 262 g/mol. The third kappa shape index (κ3) is 3.66. The fourth-order valence-electron chi connectivity index (χ4n) is 2.14. The van der Waals surface area contributed by atoms with Crippen molar-refractivity contribution in [2.45, 2.75) is 45.6 Å². The molecule has 1 aliphatic carbocycles. The van der Waals surface area contributed by atoms with E-state index in [0.29, 0.717) is 17.4 Å². The van der Waals surface area contributed by atoms with Crippen LogP contribution in [0.25, 0.3) is 0 Å². The van der Waals surface area contributed by atoms with Crippen LogP contribution in [0.1, 0.15) is 50.0 Å². The van der Waals surface area contributed by atoms with Gasteiger partial charge in [-0.3, -0.25) is 4.79 Å². The summed E-state index contributed by atoms with van der Waals surface area (Å²) >= 11 is 0. The number of carbonyl (C=O) groups excluding carboxylic acids is 1. The van der Waals surface area contributed by atoms with E-state index in [1.165, 1.54) is 19.3 Å². The van der Waals surface area contributed by atoms with E-state index < -0.39 is 0 Å². The SMILES string of the molecule is CCCNc1ccc(C(=O)NC(C)C2CCC2)nn1. The molecule has 1 aromatic heterocycles. The van der Waals surface area contributed by atoms with Gasteiger partial charge >= 0.3 is 0 Å².